The van der Waals surface area contributed by atoms with E-state index in [0.29, 0.717) is 12.1 Å². The molecule has 2 atom stereocenters. The van der Waals surface area contributed by atoms with Crippen molar-refractivity contribution in [3.05, 3.63) is 107 Å². The van der Waals surface area contributed by atoms with Gasteiger partial charge in [-0.2, -0.15) is 0 Å². The van der Waals surface area contributed by atoms with Gasteiger partial charge in [-0.1, -0.05) is 84.9 Å². The van der Waals surface area contributed by atoms with Crippen molar-refractivity contribution in [2.75, 3.05) is 0 Å². The average Bonchev–Trinajstić information content (AvgIpc) is 2.72. The smallest absolute Gasteiger partial charge is 0.0294 e. The second-order valence-electron chi connectivity index (χ2n) is 6.84. The fourth-order valence-corrected chi connectivity index (χ4v) is 3.04. The number of nitrogens with one attached hydrogen (secondary N) is 2. The van der Waals surface area contributed by atoms with E-state index in [4.69, 9.17) is 0 Å². The van der Waals surface area contributed by atoms with Gasteiger partial charge in [-0.05, 0) is 36.1 Å². The lowest BCUT2D eigenvalue weighted by Gasteiger charge is -2.18. The average molecular weight is 345 g/mol. The van der Waals surface area contributed by atoms with Crippen LogP contribution in [0.15, 0.2) is 84.9 Å². The van der Waals surface area contributed by atoms with Gasteiger partial charge in [0.1, 0.15) is 0 Å². The highest BCUT2D eigenvalue weighted by Gasteiger charge is 2.08. The molecule has 2 nitrogen and oxygen atoms in total. The first kappa shape index (κ1) is 18.4. The Morgan fingerprint density at radius 2 is 0.885 bits per heavy atom. The van der Waals surface area contributed by atoms with E-state index in [1.165, 1.54) is 22.3 Å². The third kappa shape index (κ3) is 5.29. The summed E-state index contributed by atoms with van der Waals surface area (Å²) in [6.07, 6.45) is 0. The topological polar surface area (TPSA) is 24.1 Å². The van der Waals surface area contributed by atoms with E-state index in [2.05, 4.69) is 109 Å². The molecule has 0 saturated heterocycles. The monoisotopic (exact) mass is 344 g/mol. The van der Waals surface area contributed by atoms with Crippen molar-refractivity contribution in [3.63, 3.8) is 0 Å². The molecular formula is C24H28N2. The van der Waals surface area contributed by atoms with Gasteiger partial charge in [0.25, 0.3) is 0 Å². The zero-order valence-electron chi connectivity index (χ0n) is 15.7. The van der Waals surface area contributed by atoms with E-state index in [-0.39, 0.29) is 0 Å². The quantitative estimate of drug-likeness (QED) is 0.572. The summed E-state index contributed by atoms with van der Waals surface area (Å²) in [5.74, 6) is 0. The first-order valence-electron chi connectivity index (χ1n) is 9.37. The molecular weight excluding hydrogens is 316 g/mol. The van der Waals surface area contributed by atoms with E-state index in [9.17, 15) is 0 Å². The molecule has 26 heavy (non-hydrogen) atoms. The molecule has 2 unspecified atom stereocenters. The summed E-state index contributed by atoms with van der Waals surface area (Å²) in [5.41, 5.74) is 5.27. The second-order valence-corrected chi connectivity index (χ2v) is 6.84. The second kappa shape index (κ2) is 9.33. The number of rotatable bonds is 8. The Kier molecular flexibility index (Phi) is 6.59. The zero-order chi connectivity index (χ0) is 18.2. The van der Waals surface area contributed by atoms with E-state index in [1.807, 2.05) is 0 Å². The summed E-state index contributed by atoms with van der Waals surface area (Å²) in [7, 11) is 0. The van der Waals surface area contributed by atoms with Gasteiger partial charge in [0.15, 0.2) is 0 Å². The molecule has 3 aromatic rings. The number of hydrogen-bond donors (Lipinski definition) is 2. The normalized spacial score (nSPS) is 13.3. The van der Waals surface area contributed by atoms with Gasteiger partial charge in [0, 0.05) is 25.2 Å². The summed E-state index contributed by atoms with van der Waals surface area (Å²) < 4.78 is 0. The highest BCUT2D eigenvalue weighted by molar-refractivity contribution is 5.27. The van der Waals surface area contributed by atoms with Crippen LogP contribution in [0.3, 0.4) is 0 Å². The van der Waals surface area contributed by atoms with Gasteiger partial charge in [0.2, 0.25) is 0 Å². The number of hydrogen-bond acceptors (Lipinski definition) is 2. The van der Waals surface area contributed by atoms with Crippen molar-refractivity contribution >= 4 is 0 Å². The maximum Gasteiger partial charge on any atom is 0.0294 e. The van der Waals surface area contributed by atoms with Crippen LogP contribution in [0.1, 0.15) is 48.2 Å². The van der Waals surface area contributed by atoms with Crippen molar-refractivity contribution < 1.29 is 0 Å². The molecule has 0 aliphatic carbocycles. The Bertz CT molecular complexity index is 698. The van der Waals surface area contributed by atoms with Crippen LogP contribution < -0.4 is 10.6 Å². The van der Waals surface area contributed by atoms with Crippen LogP contribution in [-0.2, 0) is 13.1 Å². The maximum absolute atomic E-state index is 3.59. The van der Waals surface area contributed by atoms with Gasteiger partial charge in [-0.25, -0.2) is 0 Å². The first-order chi connectivity index (χ1) is 12.7. The number of benzene rings is 3. The molecule has 2 N–H and O–H groups in total. The summed E-state index contributed by atoms with van der Waals surface area (Å²) >= 11 is 0. The SMILES string of the molecule is CC(NCc1ccccc1)c1ccc(C(C)NCc2ccccc2)cc1. The van der Waals surface area contributed by atoms with Gasteiger partial charge in [-0.15, -0.1) is 0 Å². The highest BCUT2D eigenvalue weighted by atomic mass is 14.9. The lowest BCUT2D eigenvalue weighted by atomic mass is 10.0. The zero-order valence-corrected chi connectivity index (χ0v) is 15.7. The van der Waals surface area contributed by atoms with Crippen molar-refractivity contribution in [1.82, 2.24) is 10.6 Å². The van der Waals surface area contributed by atoms with Gasteiger partial charge < -0.3 is 10.6 Å². The standard InChI is InChI=1S/C24H28N2/c1-19(25-17-21-9-5-3-6-10-21)23-13-15-24(16-14-23)20(2)26-18-22-11-7-4-8-12-22/h3-16,19-20,25-26H,17-18H2,1-2H3. The van der Waals surface area contributed by atoms with Gasteiger partial charge in [-0.3, -0.25) is 0 Å². The lowest BCUT2D eigenvalue weighted by molar-refractivity contribution is 0.566. The van der Waals surface area contributed by atoms with Crippen LogP contribution in [0, 0.1) is 0 Å². The summed E-state index contributed by atoms with van der Waals surface area (Å²) in [4.78, 5) is 0. The predicted molar refractivity (Wildman–Crippen MR) is 110 cm³/mol. The summed E-state index contributed by atoms with van der Waals surface area (Å²) in [5, 5.41) is 7.19. The van der Waals surface area contributed by atoms with Crippen LogP contribution >= 0.6 is 0 Å². The highest BCUT2D eigenvalue weighted by Crippen LogP contribution is 2.18. The third-order valence-electron chi connectivity index (χ3n) is 4.85. The van der Waals surface area contributed by atoms with Crippen molar-refractivity contribution in [1.29, 1.82) is 0 Å². The molecule has 0 spiro atoms. The molecule has 134 valence electrons. The Morgan fingerprint density at radius 3 is 1.23 bits per heavy atom. The summed E-state index contributed by atoms with van der Waals surface area (Å²) in [6, 6.07) is 30.7. The van der Waals surface area contributed by atoms with Gasteiger partial charge in [0.05, 0.1) is 0 Å². The predicted octanol–water partition coefficient (Wildman–Crippen LogP) is 5.39. The molecule has 0 saturated carbocycles. The van der Waals surface area contributed by atoms with E-state index < -0.39 is 0 Å². The fraction of sp³-hybridized carbons (Fsp3) is 0.250. The molecule has 0 fully saturated rings. The molecule has 0 radical (unpaired) electrons. The van der Waals surface area contributed by atoms with E-state index in [1.54, 1.807) is 0 Å². The molecule has 0 aliphatic rings. The molecule has 3 aromatic carbocycles. The molecule has 0 aliphatic heterocycles. The molecule has 0 heterocycles. The van der Waals surface area contributed by atoms with Crippen LogP contribution in [0.5, 0.6) is 0 Å². The Hall–Kier alpha value is -2.42. The minimum atomic E-state index is 0.330. The van der Waals surface area contributed by atoms with Crippen LogP contribution in [0.4, 0.5) is 0 Å². The van der Waals surface area contributed by atoms with Crippen molar-refractivity contribution in [2.45, 2.75) is 39.0 Å². The van der Waals surface area contributed by atoms with Crippen LogP contribution in [-0.4, -0.2) is 0 Å². The minimum Gasteiger partial charge on any atom is -0.306 e. The van der Waals surface area contributed by atoms with E-state index in [0.717, 1.165) is 13.1 Å². The summed E-state index contributed by atoms with van der Waals surface area (Å²) in [6.45, 7) is 6.21. The Morgan fingerprint density at radius 1 is 0.538 bits per heavy atom. The Balaban J connectivity index is 1.52. The first-order valence-corrected chi connectivity index (χ1v) is 9.37. The molecule has 3 rings (SSSR count). The van der Waals surface area contributed by atoms with E-state index >= 15 is 0 Å². The van der Waals surface area contributed by atoms with Gasteiger partial charge >= 0.3 is 0 Å². The van der Waals surface area contributed by atoms with Crippen LogP contribution in [0.25, 0.3) is 0 Å². The molecule has 2 heteroatoms. The van der Waals surface area contributed by atoms with Crippen molar-refractivity contribution in [3.8, 4) is 0 Å². The van der Waals surface area contributed by atoms with Crippen molar-refractivity contribution in [2.24, 2.45) is 0 Å². The minimum absolute atomic E-state index is 0.330. The Labute approximate surface area is 157 Å². The molecule has 0 amide bonds. The molecule has 0 aromatic heterocycles. The maximum atomic E-state index is 3.59. The fourth-order valence-electron chi connectivity index (χ4n) is 3.04. The molecule has 0 bridgehead atoms. The third-order valence-corrected chi connectivity index (χ3v) is 4.85. The van der Waals surface area contributed by atoms with Crippen LogP contribution in [0.2, 0.25) is 0 Å². The lowest BCUT2D eigenvalue weighted by Crippen LogP contribution is -2.19. The largest absolute Gasteiger partial charge is 0.306 e.